The zero-order valence-electron chi connectivity index (χ0n) is 9.58. The van der Waals surface area contributed by atoms with Crippen LogP contribution in [0, 0.1) is 0 Å². The molecule has 0 amide bonds. The number of benzene rings is 2. The molecule has 0 fully saturated rings. The second kappa shape index (κ2) is 4.57. The molecule has 88 valence electrons. The summed E-state index contributed by atoms with van der Waals surface area (Å²) in [5, 5.41) is 20.1. The molecular formula is C14H11BO2S. The lowest BCUT2D eigenvalue weighted by molar-refractivity contribution is 0.427. The van der Waals surface area contributed by atoms with Crippen molar-refractivity contribution in [3.05, 3.63) is 54.6 Å². The van der Waals surface area contributed by atoms with E-state index < -0.39 is 7.12 Å². The van der Waals surface area contributed by atoms with Crippen LogP contribution in [-0.2, 0) is 0 Å². The molecule has 18 heavy (non-hydrogen) atoms. The van der Waals surface area contributed by atoms with Gasteiger partial charge in [0.1, 0.15) is 0 Å². The highest BCUT2D eigenvalue weighted by molar-refractivity contribution is 7.28. The van der Waals surface area contributed by atoms with Crippen LogP contribution in [-0.4, -0.2) is 17.2 Å². The van der Waals surface area contributed by atoms with Gasteiger partial charge in [-0.15, -0.1) is 11.3 Å². The molecule has 2 nitrogen and oxygen atoms in total. The molecule has 3 aromatic rings. The fourth-order valence-corrected chi connectivity index (χ4v) is 3.25. The Labute approximate surface area is 109 Å². The number of rotatable bonds is 2. The Morgan fingerprint density at radius 3 is 2.22 bits per heavy atom. The monoisotopic (exact) mass is 254 g/mol. The molecule has 0 radical (unpaired) electrons. The van der Waals surface area contributed by atoms with Crippen LogP contribution in [0.15, 0.2) is 54.6 Å². The van der Waals surface area contributed by atoms with Gasteiger partial charge in [0, 0.05) is 9.48 Å². The molecule has 3 rings (SSSR count). The molecule has 0 spiro atoms. The largest absolute Gasteiger partial charge is 0.499 e. The summed E-state index contributed by atoms with van der Waals surface area (Å²) in [5.74, 6) is 0. The Hall–Kier alpha value is -1.62. The highest BCUT2D eigenvalue weighted by atomic mass is 32.1. The second-order valence-electron chi connectivity index (χ2n) is 4.08. The van der Waals surface area contributed by atoms with Gasteiger partial charge in [0.15, 0.2) is 0 Å². The van der Waals surface area contributed by atoms with E-state index in [4.69, 9.17) is 0 Å². The molecule has 0 atom stereocenters. The lowest BCUT2D eigenvalue weighted by atomic mass is 9.83. The zero-order chi connectivity index (χ0) is 12.5. The van der Waals surface area contributed by atoms with E-state index in [1.807, 2.05) is 54.6 Å². The van der Waals surface area contributed by atoms with Crippen molar-refractivity contribution < 1.29 is 10.0 Å². The van der Waals surface area contributed by atoms with Crippen molar-refractivity contribution in [1.82, 2.24) is 0 Å². The summed E-state index contributed by atoms with van der Waals surface area (Å²) in [5.41, 5.74) is 1.93. The summed E-state index contributed by atoms with van der Waals surface area (Å²) >= 11 is 1.43. The molecule has 2 aromatic carbocycles. The zero-order valence-corrected chi connectivity index (χ0v) is 10.4. The van der Waals surface area contributed by atoms with Gasteiger partial charge in [-0.05, 0) is 22.6 Å². The number of hydrogen-bond donors (Lipinski definition) is 2. The lowest BCUT2D eigenvalue weighted by Gasteiger charge is -2.04. The quantitative estimate of drug-likeness (QED) is 0.688. The molecule has 0 saturated heterocycles. The lowest BCUT2D eigenvalue weighted by Crippen LogP contribution is -2.28. The van der Waals surface area contributed by atoms with Crippen molar-refractivity contribution in [3.8, 4) is 11.1 Å². The third kappa shape index (κ3) is 1.84. The van der Waals surface area contributed by atoms with E-state index >= 15 is 0 Å². The van der Waals surface area contributed by atoms with Crippen LogP contribution in [0.2, 0.25) is 0 Å². The summed E-state index contributed by atoms with van der Waals surface area (Å²) in [6.45, 7) is 0. The highest BCUT2D eigenvalue weighted by Gasteiger charge is 2.22. The van der Waals surface area contributed by atoms with Gasteiger partial charge >= 0.3 is 7.12 Å². The van der Waals surface area contributed by atoms with Crippen LogP contribution < -0.4 is 4.78 Å². The Morgan fingerprint density at radius 2 is 1.50 bits per heavy atom. The van der Waals surface area contributed by atoms with E-state index in [2.05, 4.69) is 0 Å². The minimum absolute atomic E-state index is 0.599. The molecule has 0 aliphatic heterocycles. The van der Waals surface area contributed by atoms with Gasteiger partial charge in [0.2, 0.25) is 0 Å². The highest BCUT2D eigenvalue weighted by Crippen LogP contribution is 2.32. The van der Waals surface area contributed by atoms with E-state index in [-0.39, 0.29) is 0 Å². The molecule has 2 N–H and O–H groups in total. The smallest absolute Gasteiger partial charge is 0.423 e. The summed E-state index contributed by atoms with van der Waals surface area (Å²) < 4.78 is 1.67. The Balaban J connectivity index is 2.35. The first-order valence-electron chi connectivity index (χ1n) is 5.70. The molecule has 0 saturated carbocycles. The van der Waals surface area contributed by atoms with E-state index in [9.17, 15) is 10.0 Å². The average Bonchev–Trinajstić information content (AvgIpc) is 2.79. The van der Waals surface area contributed by atoms with Crippen LogP contribution in [0.5, 0.6) is 0 Å². The van der Waals surface area contributed by atoms with Crippen LogP contribution in [0.3, 0.4) is 0 Å². The van der Waals surface area contributed by atoms with Gasteiger partial charge in [-0.25, -0.2) is 0 Å². The number of fused-ring (bicyclic) bond motifs is 1. The van der Waals surface area contributed by atoms with Gasteiger partial charge in [0.05, 0.1) is 0 Å². The maximum atomic E-state index is 9.53. The SMILES string of the molecule is OB(O)c1sc2ccccc2c1-c1ccccc1. The summed E-state index contributed by atoms with van der Waals surface area (Å²) in [4.78, 5) is 0. The van der Waals surface area contributed by atoms with Gasteiger partial charge in [-0.2, -0.15) is 0 Å². The van der Waals surface area contributed by atoms with Crippen LogP contribution in [0.25, 0.3) is 21.2 Å². The molecule has 0 aliphatic rings. The summed E-state index contributed by atoms with van der Waals surface area (Å²) in [7, 11) is -1.43. The molecule has 1 aromatic heterocycles. The fraction of sp³-hybridized carbons (Fsp3) is 0. The van der Waals surface area contributed by atoms with E-state index in [0.717, 1.165) is 21.2 Å². The third-order valence-electron chi connectivity index (χ3n) is 2.92. The Bertz CT molecular complexity index is 677. The standard InChI is InChI=1S/C14H11BO2S/c16-15(17)14-13(10-6-2-1-3-7-10)11-8-4-5-9-12(11)18-14/h1-9,16-17H. The first kappa shape index (κ1) is 11.5. The predicted octanol–water partition coefficient (Wildman–Crippen LogP) is 2.25. The maximum absolute atomic E-state index is 9.53. The van der Waals surface area contributed by atoms with Gasteiger partial charge in [-0.1, -0.05) is 48.5 Å². The predicted molar refractivity (Wildman–Crippen MR) is 77.1 cm³/mol. The molecular weight excluding hydrogens is 243 g/mol. The van der Waals surface area contributed by atoms with Crippen LogP contribution >= 0.6 is 11.3 Å². The van der Waals surface area contributed by atoms with Gasteiger partial charge in [0.25, 0.3) is 0 Å². The Morgan fingerprint density at radius 1 is 0.833 bits per heavy atom. The van der Waals surface area contributed by atoms with E-state index in [1.54, 1.807) is 0 Å². The van der Waals surface area contributed by atoms with E-state index in [1.165, 1.54) is 11.3 Å². The van der Waals surface area contributed by atoms with Crippen molar-refractivity contribution in [2.24, 2.45) is 0 Å². The van der Waals surface area contributed by atoms with Gasteiger partial charge in [-0.3, -0.25) is 0 Å². The normalized spacial score (nSPS) is 10.8. The first-order valence-corrected chi connectivity index (χ1v) is 6.52. The second-order valence-corrected chi connectivity index (χ2v) is 5.16. The average molecular weight is 254 g/mol. The molecule has 0 unspecified atom stereocenters. The van der Waals surface area contributed by atoms with Crippen molar-refractivity contribution in [2.45, 2.75) is 0 Å². The Kier molecular flexibility index (Phi) is 2.92. The summed E-state index contributed by atoms with van der Waals surface area (Å²) in [6.07, 6.45) is 0. The van der Waals surface area contributed by atoms with Gasteiger partial charge < -0.3 is 10.0 Å². The van der Waals surface area contributed by atoms with Crippen molar-refractivity contribution in [3.63, 3.8) is 0 Å². The topological polar surface area (TPSA) is 40.5 Å². The van der Waals surface area contributed by atoms with E-state index in [0.29, 0.717) is 4.78 Å². The van der Waals surface area contributed by atoms with Crippen molar-refractivity contribution in [1.29, 1.82) is 0 Å². The van der Waals surface area contributed by atoms with Crippen molar-refractivity contribution >= 4 is 33.3 Å². The first-order chi connectivity index (χ1) is 8.77. The molecule has 0 bridgehead atoms. The number of thiophene rings is 1. The molecule has 0 aliphatic carbocycles. The molecule has 1 heterocycles. The van der Waals surface area contributed by atoms with Crippen LogP contribution in [0.4, 0.5) is 0 Å². The minimum atomic E-state index is -1.43. The van der Waals surface area contributed by atoms with Crippen LogP contribution in [0.1, 0.15) is 0 Å². The molecule has 4 heteroatoms. The summed E-state index contributed by atoms with van der Waals surface area (Å²) in [6, 6.07) is 17.8. The fourth-order valence-electron chi connectivity index (χ4n) is 2.15. The minimum Gasteiger partial charge on any atom is -0.423 e. The van der Waals surface area contributed by atoms with Crippen molar-refractivity contribution in [2.75, 3.05) is 0 Å². The third-order valence-corrected chi connectivity index (χ3v) is 4.13. The number of hydrogen-bond acceptors (Lipinski definition) is 3. The maximum Gasteiger partial charge on any atom is 0.499 e.